The summed E-state index contributed by atoms with van der Waals surface area (Å²) in [7, 11) is 0. The molecule has 0 radical (unpaired) electrons. The van der Waals surface area contributed by atoms with Gasteiger partial charge in [-0.1, -0.05) is 12.8 Å². The molecule has 1 aromatic heterocycles. The van der Waals surface area contributed by atoms with Crippen LogP contribution in [-0.4, -0.2) is 46.6 Å². The van der Waals surface area contributed by atoms with Gasteiger partial charge in [-0.2, -0.15) is 0 Å². The van der Waals surface area contributed by atoms with E-state index in [0.29, 0.717) is 25.2 Å². The molecule has 0 saturated heterocycles. The van der Waals surface area contributed by atoms with E-state index >= 15 is 0 Å². The summed E-state index contributed by atoms with van der Waals surface area (Å²) in [5.41, 5.74) is 5.99. The average Bonchev–Trinajstić information content (AvgIpc) is 3.06. The molecule has 0 spiro atoms. The van der Waals surface area contributed by atoms with Crippen molar-refractivity contribution in [3.05, 3.63) is 16.1 Å². The fourth-order valence-electron chi connectivity index (χ4n) is 2.57. The number of hydrogen-bond acceptors (Lipinski definition) is 5. The monoisotopic (exact) mass is 283 g/mol. The highest BCUT2D eigenvalue weighted by atomic mass is 32.1. The molecule has 1 fully saturated rings. The average molecular weight is 283 g/mol. The largest absolute Gasteiger partial charge is 0.395 e. The zero-order valence-electron chi connectivity index (χ0n) is 11.0. The Labute approximate surface area is 117 Å². The van der Waals surface area contributed by atoms with Gasteiger partial charge in [-0.3, -0.25) is 4.79 Å². The summed E-state index contributed by atoms with van der Waals surface area (Å²) in [5, 5.41) is 11.9. The molecule has 0 aliphatic heterocycles. The molecule has 0 atom stereocenters. The highest BCUT2D eigenvalue weighted by Crippen LogP contribution is 2.25. The SMILES string of the molecule is NCCc1nc(C(=O)N(CCO)C2CCCC2)cs1. The van der Waals surface area contributed by atoms with Crippen LogP contribution in [0.15, 0.2) is 5.38 Å². The van der Waals surface area contributed by atoms with Gasteiger partial charge in [0.05, 0.1) is 11.6 Å². The molecule has 3 N–H and O–H groups in total. The Morgan fingerprint density at radius 3 is 2.89 bits per heavy atom. The first-order valence-corrected chi connectivity index (χ1v) is 7.70. The molecule has 0 bridgehead atoms. The molecule has 5 nitrogen and oxygen atoms in total. The maximum absolute atomic E-state index is 12.5. The molecule has 1 aromatic rings. The normalized spacial score (nSPS) is 15.9. The van der Waals surface area contributed by atoms with E-state index in [2.05, 4.69) is 4.98 Å². The number of aromatic nitrogens is 1. The van der Waals surface area contributed by atoms with Crippen LogP contribution in [0.1, 0.15) is 41.2 Å². The Morgan fingerprint density at radius 2 is 2.26 bits per heavy atom. The van der Waals surface area contributed by atoms with Gasteiger partial charge in [-0.05, 0) is 19.4 Å². The van der Waals surface area contributed by atoms with Gasteiger partial charge < -0.3 is 15.7 Å². The lowest BCUT2D eigenvalue weighted by atomic mass is 10.2. The zero-order chi connectivity index (χ0) is 13.7. The number of carbonyl (C=O) groups is 1. The van der Waals surface area contributed by atoms with Gasteiger partial charge in [-0.15, -0.1) is 11.3 Å². The van der Waals surface area contributed by atoms with E-state index in [4.69, 9.17) is 10.8 Å². The molecule has 1 aliphatic carbocycles. The number of rotatable bonds is 6. The summed E-state index contributed by atoms with van der Waals surface area (Å²) < 4.78 is 0. The quantitative estimate of drug-likeness (QED) is 0.817. The Morgan fingerprint density at radius 1 is 1.53 bits per heavy atom. The van der Waals surface area contributed by atoms with E-state index in [-0.39, 0.29) is 18.6 Å². The minimum absolute atomic E-state index is 0.00202. The van der Waals surface area contributed by atoms with Crippen LogP contribution in [0, 0.1) is 0 Å². The maximum Gasteiger partial charge on any atom is 0.273 e. The number of aliphatic hydroxyl groups is 1. The second-order valence-electron chi connectivity index (χ2n) is 4.83. The third-order valence-corrected chi connectivity index (χ3v) is 4.40. The van der Waals surface area contributed by atoms with E-state index in [0.717, 1.165) is 30.7 Å². The summed E-state index contributed by atoms with van der Waals surface area (Å²) in [6.45, 7) is 0.944. The summed E-state index contributed by atoms with van der Waals surface area (Å²) in [4.78, 5) is 18.6. The minimum Gasteiger partial charge on any atom is -0.395 e. The number of hydrogen-bond donors (Lipinski definition) is 2. The fourth-order valence-corrected chi connectivity index (χ4v) is 3.36. The Bertz CT molecular complexity index is 416. The van der Waals surface area contributed by atoms with E-state index in [1.165, 1.54) is 11.3 Å². The van der Waals surface area contributed by atoms with Crippen LogP contribution in [0.3, 0.4) is 0 Å². The topological polar surface area (TPSA) is 79.5 Å². The van der Waals surface area contributed by atoms with Crippen LogP contribution in [0.25, 0.3) is 0 Å². The molecule has 1 saturated carbocycles. The minimum atomic E-state index is -0.0551. The zero-order valence-corrected chi connectivity index (χ0v) is 11.9. The van der Waals surface area contributed by atoms with Crippen molar-refractivity contribution in [1.82, 2.24) is 9.88 Å². The van der Waals surface area contributed by atoms with Gasteiger partial charge >= 0.3 is 0 Å². The molecule has 6 heteroatoms. The van der Waals surface area contributed by atoms with Crippen LogP contribution < -0.4 is 5.73 Å². The van der Waals surface area contributed by atoms with Crippen LogP contribution in [0.4, 0.5) is 0 Å². The van der Waals surface area contributed by atoms with E-state index in [1.807, 2.05) is 0 Å². The van der Waals surface area contributed by atoms with Crippen molar-refractivity contribution >= 4 is 17.2 Å². The molecular weight excluding hydrogens is 262 g/mol. The Balaban J connectivity index is 2.08. The van der Waals surface area contributed by atoms with Crippen LogP contribution >= 0.6 is 11.3 Å². The molecular formula is C13H21N3O2S. The van der Waals surface area contributed by atoms with Gasteiger partial charge in [0.1, 0.15) is 5.69 Å². The smallest absolute Gasteiger partial charge is 0.273 e. The van der Waals surface area contributed by atoms with Crippen LogP contribution in [0.2, 0.25) is 0 Å². The molecule has 19 heavy (non-hydrogen) atoms. The van der Waals surface area contributed by atoms with Crippen molar-refractivity contribution in [2.75, 3.05) is 19.7 Å². The Hall–Kier alpha value is -0.980. The first kappa shape index (κ1) is 14.4. The van der Waals surface area contributed by atoms with Gasteiger partial charge in [0, 0.05) is 24.4 Å². The van der Waals surface area contributed by atoms with E-state index in [1.54, 1.807) is 10.3 Å². The highest BCUT2D eigenvalue weighted by Gasteiger charge is 2.28. The van der Waals surface area contributed by atoms with Crippen molar-refractivity contribution in [3.8, 4) is 0 Å². The van der Waals surface area contributed by atoms with Gasteiger partial charge in [-0.25, -0.2) is 4.98 Å². The van der Waals surface area contributed by atoms with Gasteiger partial charge in [0.15, 0.2) is 0 Å². The molecule has 1 aliphatic rings. The van der Waals surface area contributed by atoms with Crippen molar-refractivity contribution in [1.29, 1.82) is 0 Å². The second kappa shape index (κ2) is 6.98. The van der Waals surface area contributed by atoms with Gasteiger partial charge in [0.25, 0.3) is 5.91 Å². The number of thiazole rings is 1. The Kier molecular flexibility index (Phi) is 5.30. The molecule has 0 unspecified atom stereocenters. The second-order valence-corrected chi connectivity index (χ2v) is 5.77. The third-order valence-electron chi connectivity index (χ3n) is 3.50. The predicted octanol–water partition coefficient (Wildman–Crippen LogP) is 1.02. The number of amides is 1. The third kappa shape index (κ3) is 3.52. The first-order valence-electron chi connectivity index (χ1n) is 6.82. The van der Waals surface area contributed by atoms with Crippen molar-refractivity contribution in [2.24, 2.45) is 5.73 Å². The van der Waals surface area contributed by atoms with Crippen molar-refractivity contribution < 1.29 is 9.90 Å². The number of aliphatic hydroxyl groups excluding tert-OH is 1. The molecule has 106 valence electrons. The van der Waals surface area contributed by atoms with Crippen molar-refractivity contribution in [2.45, 2.75) is 38.1 Å². The lowest BCUT2D eigenvalue weighted by molar-refractivity contribution is 0.0632. The van der Waals surface area contributed by atoms with Gasteiger partial charge in [0.2, 0.25) is 0 Å². The predicted molar refractivity (Wildman–Crippen MR) is 75.3 cm³/mol. The lowest BCUT2D eigenvalue weighted by Crippen LogP contribution is -2.40. The molecule has 2 rings (SSSR count). The summed E-state index contributed by atoms with van der Waals surface area (Å²) in [5.74, 6) is -0.0551. The fraction of sp³-hybridized carbons (Fsp3) is 0.692. The summed E-state index contributed by atoms with van der Waals surface area (Å²) in [6, 6.07) is 0.263. The maximum atomic E-state index is 12.5. The molecule has 1 heterocycles. The first-order chi connectivity index (χ1) is 9.26. The van der Waals surface area contributed by atoms with Crippen molar-refractivity contribution in [3.63, 3.8) is 0 Å². The summed E-state index contributed by atoms with van der Waals surface area (Å²) >= 11 is 1.48. The van der Waals surface area contributed by atoms with Crippen LogP contribution in [-0.2, 0) is 6.42 Å². The highest BCUT2D eigenvalue weighted by molar-refractivity contribution is 7.09. The number of nitrogens with two attached hydrogens (primary N) is 1. The van der Waals surface area contributed by atoms with E-state index in [9.17, 15) is 4.79 Å². The molecule has 0 aromatic carbocycles. The number of nitrogens with zero attached hydrogens (tertiary/aromatic N) is 2. The van der Waals surface area contributed by atoms with E-state index < -0.39 is 0 Å². The molecule has 1 amide bonds. The standard InChI is InChI=1S/C13H21N3O2S/c14-6-5-12-15-11(9-19-12)13(18)16(7-8-17)10-3-1-2-4-10/h9-10,17H,1-8,14H2. The number of carbonyl (C=O) groups excluding carboxylic acids is 1. The van der Waals surface area contributed by atoms with Crippen LogP contribution in [0.5, 0.6) is 0 Å². The lowest BCUT2D eigenvalue weighted by Gasteiger charge is -2.27. The summed E-state index contributed by atoms with van der Waals surface area (Å²) in [6.07, 6.45) is 5.10.